The molecule has 0 saturated carbocycles. The molecule has 39 heavy (non-hydrogen) atoms. The predicted molar refractivity (Wildman–Crippen MR) is 137 cm³/mol. The van der Waals surface area contributed by atoms with Crippen molar-refractivity contribution in [2.24, 2.45) is 0 Å². The lowest BCUT2D eigenvalue weighted by molar-refractivity contribution is 0.0949. The Kier molecular flexibility index (Phi) is 8.02. The molecule has 2 aromatic carbocycles. The molecular weight excluding hydrogens is 538 g/mol. The quantitative estimate of drug-likeness (QED) is 0.234. The Morgan fingerprint density at radius 1 is 1.08 bits per heavy atom. The Morgan fingerprint density at radius 3 is 2.54 bits per heavy atom. The highest BCUT2D eigenvalue weighted by atomic mass is 32.2. The normalized spacial score (nSPS) is 11.9. The molecule has 0 aliphatic heterocycles. The molecule has 0 fully saturated rings. The van der Waals surface area contributed by atoms with Gasteiger partial charge in [0, 0.05) is 23.1 Å². The van der Waals surface area contributed by atoms with E-state index in [4.69, 9.17) is 0 Å². The number of rotatable bonds is 9. The van der Waals surface area contributed by atoms with E-state index in [2.05, 4.69) is 20.5 Å². The third kappa shape index (κ3) is 5.78. The minimum atomic E-state index is -4.29. The number of nitrogens with one attached hydrogen (secondary N) is 2. The summed E-state index contributed by atoms with van der Waals surface area (Å²) in [6, 6.07) is 4.91. The predicted octanol–water partition coefficient (Wildman–Crippen LogP) is 4.15. The number of aromatic amines is 1. The van der Waals surface area contributed by atoms with Crippen molar-refractivity contribution in [2.75, 3.05) is 27.2 Å². The van der Waals surface area contributed by atoms with Crippen molar-refractivity contribution in [1.29, 1.82) is 0 Å². The molecule has 2 heterocycles. The minimum absolute atomic E-state index is 0.00622. The van der Waals surface area contributed by atoms with Crippen LogP contribution in [0.1, 0.15) is 28.2 Å². The van der Waals surface area contributed by atoms with Gasteiger partial charge < -0.3 is 10.2 Å². The molecule has 4 rings (SSSR count). The van der Waals surface area contributed by atoms with E-state index in [0.29, 0.717) is 13.0 Å². The lowest BCUT2D eigenvalue weighted by Gasteiger charge is -2.12. The van der Waals surface area contributed by atoms with E-state index in [1.807, 2.05) is 19.0 Å². The summed E-state index contributed by atoms with van der Waals surface area (Å²) in [4.78, 5) is 17.7. The Hall–Kier alpha value is -3.84. The fourth-order valence-corrected chi connectivity index (χ4v) is 5.72. The molecule has 0 bridgehead atoms. The number of H-pyrrole nitrogens is 1. The maximum atomic E-state index is 15.5. The minimum Gasteiger partial charge on any atom is -0.351 e. The van der Waals surface area contributed by atoms with Crippen molar-refractivity contribution < 1.29 is 30.8 Å². The highest BCUT2D eigenvalue weighted by molar-refractivity contribution is 7.90. The Balaban J connectivity index is 1.68. The number of hydrogen-bond donors (Lipinski definition) is 2. The first kappa shape index (κ1) is 28.2. The van der Waals surface area contributed by atoms with Crippen LogP contribution in [-0.4, -0.2) is 61.6 Å². The third-order valence-corrected chi connectivity index (χ3v) is 7.86. The van der Waals surface area contributed by atoms with Gasteiger partial charge in [-0.3, -0.25) is 14.9 Å². The zero-order valence-electron chi connectivity index (χ0n) is 21.3. The van der Waals surface area contributed by atoms with Gasteiger partial charge >= 0.3 is 0 Å². The number of pyridine rings is 1. The van der Waals surface area contributed by atoms with Crippen LogP contribution >= 0.6 is 0 Å². The summed E-state index contributed by atoms with van der Waals surface area (Å²) in [7, 11) is -0.497. The van der Waals surface area contributed by atoms with Crippen LogP contribution in [0.15, 0.2) is 41.4 Å². The molecule has 0 aliphatic carbocycles. The van der Waals surface area contributed by atoms with E-state index < -0.39 is 66.4 Å². The van der Waals surface area contributed by atoms with E-state index in [9.17, 15) is 22.0 Å². The number of benzene rings is 2. The number of carbonyl (C=O) groups is 1. The smallest absolute Gasteiger partial charge is 0.269 e. The first-order valence-corrected chi connectivity index (χ1v) is 13.5. The fourth-order valence-electron chi connectivity index (χ4n) is 4.14. The summed E-state index contributed by atoms with van der Waals surface area (Å²) in [6.45, 7) is 2.47. The molecule has 1 amide bonds. The summed E-state index contributed by atoms with van der Waals surface area (Å²) < 4.78 is 85.3. The van der Waals surface area contributed by atoms with Crippen LogP contribution in [0.4, 0.5) is 17.6 Å². The third-order valence-electron chi connectivity index (χ3n) is 6.09. The highest BCUT2D eigenvalue weighted by Gasteiger charge is 2.26. The molecule has 13 heteroatoms. The zero-order chi connectivity index (χ0) is 28.5. The Bertz CT molecular complexity index is 1670. The van der Waals surface area contributed by atoms with Crippen LogP contribution in [0.2, 0.25) is 0 Å². The van der Waals surface area contributed by atoms with Crippen LogP contribution in [0.3, 0.4) is 0 Å². The number of halogens is 4. The van der Waals surface area contributed by atoms with Gasteiger partial charge in [0.05, 0.1) is 28.1 Å². The topological polar surface area (TPSA) is 108 Å². The molecule has 0 spiro atoms. The number of hydrogen-bond acceptors (Lipinski definition) is 6. The van der Waals surface area contributed by atoms with Gasteiger partial charge in [0.15, 0.2) is 15.7 Å². The second-order valence-corrected chi connectivity index (χ2v) is 11.2. The maximum absolute atomic E-state index is 15.5. The molecule has 0 radical (unpaired) electrons. The summed E-state index contributed by atoms with van der Waals surface area (Å²) >= 11 is 0. The number of aryl methyl sites for hydroxylation is 1. The van der Waals surface area contributed by atoms with E-state index in [-0.39, 0.29) is 22.3 Å². The van der Waals surface area contributed by atoms with Gasteiger partial charge in [-0.15, -0.1) is 0 Å². The van der Waals surface area contributed by atoms with Gasteiger partial charge in [-0.1, -0.05) is 12.1 Å². The zero-order valence-corrected chi connectivity index (χ0v) is 22.1. The fraction of sp³-hybridized carbons (Fsp3) is 0.269. The molecule has 0 unspecified atom stereocenters. The van der Waals surface area contributed by atoms with Crippen molar-refractivity contribution in [3.63, 3.8) is 0 Å². The highest BCUT2D eigenvalue weighted by Crippen LogP contribution is 2.35. The average Bonchev–Trinajstić information content (AvgIpc) is 3.31. The van der Waals surface area contributed by atoms with E-state index in [1.165, 1.54) is 13.0 Å². The number of nitrogens with zero attached hydrogens (tertiary/aromatic N) is 3. The van der Waals surface area contributed by atoms with Gasteiger partial charge in [-0.05, 0) is 52.2 Å². The molecule has 206 valence electrons. The van der Waals surface area contributed by atoms with Gasteiger partial charge in [0.1, 0.15) is 28.7 Å². The van der Waals surface area contributed by atoms with Gasteiger partial charge in [0.2, 0.25) is 0 Å². The standard InChI is InChI=1S/C26H25F4N5O3S/c1-14-20(11-16(27)12-32-14)39(37,38)13-15-5-8-19(28)21(22(15)29)17-6-7-18-24(23(17)30)33-34-25(18)26(36)31-9-4-10-35(2)3/h5-8,11-12H,4,9-10,13H2,1-3H3,(H,31,36)(H,33,34). The number of carbonyl (C=O) groups excluding carboxylic acids is 1. The van der Waals surface area contributed by atoms with Crippen LogP contribution in [0, 0.1) is 30.2 Å². The van der Waals surface area contributed by atoms with Gasteiger partial charge in [-0.25, -0.2) is 26.0 Å². The van der Waals surface area contributed by atoms with Crippen LogP contribution < -0.4 is 5.32 Å². The Labute approximate surface area is 222 Å². The summed E-state index contributed by atoms with van der Waals surface area (Å²) in [5.74, 6) is -5.88. The van der Waals surface area contributed by atoms with Crippen LogP contribution in [0.5, 0.6) is 0 Å². The second-order valence-electron chi connectivity index (χ2n) is 9.23. The van der Waals surface area contributed by atoms with Crippen LogP contribution in [0.25, 0.3) is 22.0 Å². The van der Waals surface area contributed by atoms with Gasteiger partial charge in [-0.2, -0.15) is 5.10 Å². The van der Waals surface area contributed by atoms with Crippen molar-refractivity contribution in [3.05, 3.63) is 76.7 Å². The monoisotopic (exact) mass is 563 g/mol. The molecule has 2 aromatic heterocycles. The number of aromatic nitrogens is 3. The van der Waals surface area contributed by atoms with Crippen molar-refractivity contribution >= 4 is 26.6 Å². The Morgan fingerprint density at radius 2 is 1.82 bits per heavy atom. The molecule has 2 N–H and O–H groups in total. The lowest BCUT2D eigenvalue weighted by Crippen LogP contribution is -2.27. The summed E-state index contributed by atoms with van der Waals surface area (Å²) in [6.07, 6.45) is 1.53. The van der Waals surface area contributed by atoms with E-state index in [0.717, 1.165) is 37.0 Å². The summed E-state index contributed by atoms with van der Waals surface area (Å²) in [5.41, 5.74) is -2.08. The maximum Gasteiger partial charge on any atom is 0.269 e. The second kappa shape index (κ2) is 11.1. The van der Waals surface area contributed by atoms with Crippen molar-refractivity contribution in [2.45, 2.75) is 24.0 Å². The average molecular weight is 564 g/mol. The molecule has 0 atom stereocenters. The number of fused-ring (bicyclic) bond motifs is 1. The number of sulfone groups is 1. The lowest BCUT2D eigenvalue weighted by atomic mass is 9.99. The molecular formula is C26H25F4N5O3S. The van der Waals surface area contributed by atoms with Crippen molar-refractivity contribution in [3.8, 4) is 11.1 Å². The SMILES string of the molecule is Cc1ncc(F)cc1S(=O)(=O)Cc1ccc(F)c(-c2ccc3c(C(=O)NCCCN(C)C)[nH]nc3c2F)c1F. The molecule has 8 nitrogen and oxygen atoms in total. The largest absolute Gasteiger partial charge is 0.351 e. The van der Waals surface area contributed by atoms with Crippen LogP contribution in [-0.2, 0) is 15.6 Å². The molecule has 4 aromatic rings. The first-order chi connectivity index (χ1) is 18.4. The summed E-state index contributed by atoms with van der Waals surface area (Å²) in [5, 5.41) is 9.10. The molecule has 0 aliphatic rings. The first-order valence-electron chi connectivity index (χ1n) is 11.8. The van der Waals surface area contributed by atoms with E-state index in [1.54, 1.807) is 0 Å². The number of amides is 1. The molecule has 0 saturated heterocycles. The van der Waals surface area contributed by atoms with Crippen molar-refractivity contribution in [1.82, 2.24) is 25.4 Å². The van der Waals surface area contributed by atoms with E-state index >= 15 is 8.78 Å². The van der Waals surface area contributed by atoms with Gasteiger partial charge in [0.25, 0.3) is 5.91 Å².